The summed E-state index contributed by atoms with van der Waals surface area (Å²) in [7, 11) is 0. The number of amides is 4. The van der Waals surface area contributed by atoms with Crippen LogP contribution in [0.3, 0.4) is 0 Å². The van der Waals surface area contributed by atoms with Gasteiger partial charge in [0.15, 0.2) is 0 Å². The van der Waals surface area contributed by atoms with E-state index >= 15 is 0 Å². The second-order valence-electron chi connectivity index (χ2n) is 7.79. The number of nitrogens with one attached hydrogen (secondary N) is 1. The zero-order valence-corrected chi connectivity index (χ0v) is 16.3. The average molecular weight is 404 g/mol. The Morgan fingerprint density at radius 2 is 1.83 bits per heavy atom. The summed E-state index contributed by atoms with van der Waals surface area (Å²) in [5, 5.41) is 3.27. The minimum Gasteiger partial charge on any atom is -0.361 e. The van der Waals surface area contributed by atoms with Gasteiger partial charge < -0.3 is 4.90 Å². The summed E-state index contributed by atoms with van der Waals surface area (Å²) in [6.07, 6.45) is 1.53. The molecule has 1 aromatic heterocycles. The first kappa shape index (κ1) is 18.5. The molecule has 0 spiro atoms. The molecule has 1 fully saturated rings. The van der Waals surface area contributed by atoms with Crippen LogP contribution in [0.2, 0.25) is 0 Å². The van der Waals surface area contributed by atoms with E-state index in [1.165, 1.54) is 0 Å². The van der Waals surface area contributed by atoms with Crippen molar-refractivity contribution in [2.24, 2.45) is 0 Å². The van der Waals surface area contributed by atoms with Gasteiger partial charge in [0.1, 0.15) is 11.7 Å². The van der Waals surface area contributed by atoms with E-state index in [1.807, 2.05) is 41.3 Å². The van der Waals surface area contributed by atoms with Gasteiger partial charge in [0, 0.05) is 23.9 Å². The number of carbonyl (C=O) groups is 4. The number of nitrogens with zero attached hydrogens (tertiary/aromatic N) is 3. The quantitative estimate of drug-likeness (QED) is 0.774. The van der Waals surface area contributed by atoms with Crippen LogP contribution in [0.15, 0.2) is 47.7 Å². The van der Waals surface area contributed by atoms with Gasteiger partial charge in [0.25, 0.3) is 11.8 Å². The smallest absolute Gasteiger partial charge is 0.278 e. The van der Waals surface area contributed by atoms with Gasteiger partial charge in [0.05, 0.1) is 17.8 Å². The molecule has 2 aromatic rings. The predicted octanol–water partition coefficient (Wildman–Crippen LogP) is 1.26. The number of pyridine rings is 1. The molecule has 3 aliphatic rings. The second-order valence-corrected chi connectivity index (χ2v) is 7.79. The van der Waals surface area contributed by atoms with Crippen LogP contribution in [0.4, 0.5) is 0 Å². The summed E-state index contributed by atoms with van der Waals surface area (Å²) >= 11 is 0. The third-order valence-corrected chi connectivity index (χ3v) is 5.89. The molecule has 3 aliphatic heterocycles. The van der Waals surface area contributed by atoms with E-state index in [2.05, 4.69) is 10.3 Å². The van der Waals surface area contributed by atoms with Crippen LogP contribution in [0, 0.1) is 0 Å². The molecule has 1 aromatic carbocycles. The number of benzene rings is 1. The van der Waals surface area contributed by atoms with Crippen molar-refractivity contribution in [3.05, 3.63) is 53.4 Å². The van der Waals surface area contributed by atoms with Crippen molar-refractivity contribution in [2.75, 3.05) is 6.54 Å². The van der Waals surface area contributed by atoms with Crippen molar-refractivity contribution in [3.8, 4) is 0 Å². The van der Waals surface area contributed by atoms with Crippen LogP contribution in [-0.4, -0.2) is 51.0 Å². The molecule has 1 N–H and O–H groups in total. The summed E-state index contributed by atoms with van der Waals surface area (Å²) < 4.78 is 0. The molecule has 4 amide bonds. The monoisotopic (exact) mass is 404 g/mol. The third kappa shape index (κ3) is 2.96. The minimum atomic E-state index is -0.936. The molecule has 1 atom stereocenters. The Kier molecular flexibility index (Phi) is 4.34. The van der Waals surface area contributed by atoms with E-state index in [4.69, 9.17) is 0 Å². The number of imide groups is 2. The zero-order valence-electron chi connectivity index (χ0n) is 16.3. The van der Waals surface area contributed by atoms with E-state index in [9.17, 15) is 19.2 Å². The van der Waals surface area contributed by atoms with Gasteiger partial charge in [0.2, 0.25) is 11.8 Å². The molecule has 152 valence electrons. The lowest BCUT2D eigenvalue weighted by Crippen LogP contribution is -2.55. The Balaban J connectivity index is 1.42. The van der Waals surface area contributed by atoms with Gasteiger partial charge >= 0.3 is 0 Å². The summed E-state index contributed by atoms with van der Waals surface area (Å²) in [6, 6.07) is 10.8. The first-order valence-electron chi connectivity index (χ1n) is 10.1. The number of piperidine rings is 1. The second kappa shape index (κ2) is 7.05. The highest BCUT2D eigenvalue weighted by Gasteiger charge is 2.48. The van der Waals surface area contributed by atoms with Crippen LogP contribution in [0.5, 0.6) is 0 Å². The maximum absolute atomic E-state index is 13.2. The number of para-hydroxylation sites is 1. The Morgan fingerprint density at radius 3 is 2.67 bits per heavy atom. The molecule has 30 heavy (non-hydrogen) atoms. The summed E-state index contributed by atoms with van der Waals surface area (Å²) in [5.41, 5.74) is 2.50. The van der Waals surface area contributed by atoms with E-state index < -0.39 is 23.8 Å². The maximum Gasteiger partial charge on any atom is 0.278 e. The predicted molar refractivity (Wildman–Crippen MR) is 106 cm³/mol. The van der Waals surface area contributed by atoms with Gasteiger partial charge in [-0.15, -0.1) is 0 Å². The molecule has 0 radical (unpaired) electrons. The van der Waals surface area contributed by atoms with Crippen molar-refractivity contribution in [3.63, 3.8) is 0 Å². The standard InChI is InChI=1S/C22H20N4O4/c27-18-10-9-17(20(28)24-18)26-21(29)15-5-3-11-25(19(15)22(26)30)12-14-8-7-13-4-1-2-6-16(13)23-14/h1-2,4,6-8,17H,3,5,9-12H2,(H,24,27,28). The molecule has 1 saturated heterocycles. The van der Waals surface area contributed by atoms with Crippen LogP contribution < -0.4 is 5.32 Å². The molecular formula is C22H20N4O4. The number of aromatic nitrogens is 1. The first-order chi connectivity index (χ1) is 14.5. The third-order valence-electron chi connectivity index (χ3n) is 5.89. The van der Waals surface area contributed by atoms with Crippen LogP contribution in [0.25, 0.3) is 10.9 Å². The fourth-order valence-electron chi connectivity index (χ4n) is 4.45. The van der Waals surface area contributed by atoms with Crippen LogP contribution in [0.1, 0.15) is 31.4 Å². The number of carbonyl (C=O) groups excluding carboxylic acids is 4. The van der Waals surface area contributed by atoms with Gasteiger partial charge in [-0.05, 0) is 31.4 Å². The Labute approximate surface area is 172 Å². The fourth-order valence-corrected chi connectivity index (χ4v) is 4.45. The number of hydrogen-bond donors (Lipinski definition) is 1. The highest BCUT2D eigenvalue weighted by molar-refractivity contribution is 6.21. The van der Waals surface area contributed by atoms with Crippen molar-refractivity contribution in [2.45, 2.75) is 38.3 Å². The Bertz CT molecular complexity index is 1140. The largest absolute Gasteiger partial charge is 0.361 e. The van der Waals surface area contributed by atoms with Crippen LogP contribution >= 0.6 is 0 Å². The summed E-state index contributed by atoms with van der Waals surface area (Å²) in [6.45, 7) is 1.04. The normalized spacial score (nSPS) is 22.1. The summed E-state index contributed by atoms with van der Waals surface area (Å²) in [5.74, 6) is -1.83. The molecule has 1 unspecified atom stereocenters. The topological polar surface area (TPSA) is 99.7 Å². The van der Waals surface area contributed by atoms with Gasteiger partial charge in [-0.3, -0.25) is 34.4 Å². The molecule has 5 rings (SSSR count). The molecule has 0 aliphatic carbocycles. The minimum absolute atomic E-state index is 0.114. The fraction of sp³-hybridized carbons (Fsp3) is 0.318. The average Bonchev–Trinajstić information content (AvgIpc) is 2.99. The first-order valence-corrected chi connectivity index (χ1v) is 10.1. The number of rotatable bonds is 3. The van der Waals surface area contributed by atoms with E-state index in [0.717, 1.165) is 27.9 Å². The SMILES string of the molecule is O=C1CCC(N2C(=O)C3=C(C2=O)N(Cc2ccc4ccccc4n2)CCC3)C(=O)N1. The van der Waals surface area contributed by atoms with Crippen LogP contribution in [-0.2, 0) is 25.7 Å². The number of fused-ring (bicyclic) bond motifs is 1. The van der Waals surface area contributed by atoms with Gasteiger partial charge in [-0.25, -0.2) is 0 Å². The zero-order chi connectivity index (χ0) is 20.8. The highest BCUT2D eigenvalue weighted by atomic mass is 16.2. The van der Waals surface area contributed by atoms with E-state index in [1.54, 1.807) is 0 Å². The lowest BCUT2D eigenvalue weighted by Gasteiger charge is -2.30. The molecule has 0 saturated carbocycles. The van der Waals surface area contributed by atoms with E-state index in [-0.39, 0.29) is 18.7 Å². The molecule has 4 heterocycles. The number of hydrogen-bond acceptors (Lipinski definition) is 6. The van der Waals surface area contributed by atoms with Crippen molar-refractivity contribution < 1.29 is 19.2 Å². The molecular weight excluding hydrogens is 384 g/mol. The van der Waals surface area contributed by atoms with Crippen molar-refractivity contribution in [1.82, 2.24) is 20.1 Å². The van der Waals surface area contributed by atoms with Crippen molar-refractivity contribution in [1.29, 1.82) is 0 Å². The van der Waals surface area contributed by atoms with Gasteiger partial charge in [-0.2, -0.15) is 0 Å². The lowest BCUT2D eigenvalue weighted by atomic mass is 10.0. The van der Waals surface area contributed by atoms with E-state index in [0.29, 0.717) is 30.8 Å². The lowest BCUT2D eigenvalue weighted by molar-refractivity contribution is -0.150. The van der Waals surface area contributed by atoms with Crippen molar-refractivity contribution >= 4 is 34.5 Å². The highest BCUT2D eigenvalue weighted by Crippen LogP contribution is 2.34. The maximum atomic E-state index is 13.2. The van der Waals surface area contributed by atoms with Gasteiger partial charge in [-0.1, -0.05) is 24.3 Å². The molecule has 0 bridgehead atoms. The Hall–Kier alpha value is -3.55. The Morgan fingerprint density at radius 1 is 1.00 bits per heavy atom. The molecule has 8 nitrogen and oxygen atoms in total. The summed E-state index contributed by atoms with van der Waals surface area (Å²) in [4.78, 5) is 57.5. The molecule has 8 heteroatoms.